The molecule has 1 rings (SSSR count). The lowest BCUT2D eigenvalue weighted by Crippen LogP contribution is -2.24. The summed E-state index contributed by atoms with van der Waals surface area (Å²) in [6.07, 6.45) is 2.60. The van der Waals surface area contributed by atoms with Gasteiger partial charge in [0.1, 0.15) is 5.75 Å². The van der Waals surface area contributed by atoms with Gasteiger partial charge in [0, 0.05) is 12.6 Å². The Labute approximate surface area is 83.5 Å². The summed E-state index contributed by atoms with van der Waals surface area (Å²) in [7, 11) is 1.52. The molecule has 0 saturated carbocycles. The van der Waals surface area contributed by atoms with E-state index in [0.717, 1.165) is 6.42 Å². The van der Waals surface area contributed by atoms with Gasteiger partial charge in [-0.15, -0.1) is 0 Å². The van der Waals surface area contributed by atoms with Crippen LogP contribution in [0.25, 0.3) is 0 Å². The second-order valence-corrected chi connectivity index (χ2v) is 3.43. The van der Waals surface area contributed by atoms with E-state index >= 15 is 0 Å². The standard InChI is InChI=1S/C10H16N2O2/c1-4-8(2)7-12-10(13)5-9(14-3)6-11-12/h5-6,8H,4,7H2,1-3H3. The predicted octanol–water partition coefficient (Wildman–Crippen LogP) is 1.30. The van der Waals surface area contributed by atoms with Crippen LogP contribution in [0.3, 0.4) is 0 Å². The third-order valence-corrected chi connectivity index (χ3v) is 2.26. The van der Waals surface area contributed by atoms with Gasteiger partial charge in [0.25, 0.3) is 5.56 Å². The Morgan fingerprint density at radius 2 is 2.36 bits per heavy atom. The first kappa shape index (κ1) is 10.8. The Bertz CT molecular complexity index is 346. The third kappa shape index (κ3) is 2.58. The molecule has 0 radical (unpaired) electrons. The molecular formula is C10H16N2O2. The molecule has 0 N–H and O–H groups in total. The molecule has 78 valence electrons. The molecule has 14 heavy (non-hydrogen) atoms. The minimum Gasteiger partial charge on any atom is -0.495 e. The van der Waals surface area contributed by atoms with Crippen molar-refractivity contribution < 1.29 is 4.74 Å². The van der Waals surface area contributed by atoms with Crippen molar-refractivity contribution in [2.75, 3.05) is 7.11 Å². The Morgan fingerprint density at radius 3 is 2.86 bits per heavy atom. The summed E-state index contributed by atoms with van der Waals surface area (Å²) in [6.45, 7) is 4.86. The maximum atomic E-state index is 11.5. The Hall–Kier alpha value is -1.32. The fourth-order valence-corrected chi connectivity index (χ4v) is 1.09. The van der Waals surface area contributed by atoms with Gasteiger partial charge in [-0.1, -0.05) is 20.3 Å². The highest BCUT2D eigenvalue weighted by atomic mass is 16.5. The van der Waals surface area contributed by atoms with Crippen molar-refractivity contribution in [3.8, 4) is 5.75 Å². The largest absolute Gasteiger partial charge is 0.495 e. The first-order chi connectivity index (χ1) is 6.67. The normalized spacial score (nSPS) is 12.5. The predicted molar refractivity (Wildman–Crippen MR) is 54.5 cm³/mol. The molecule has 1 unspecified atom stereocenters. The molecule has 1 atom stereocenters. The molecule has 0 aliphatic carbocycles. The number of nitrogens with zero attached hydrogens (tertiary/aromatic N) is 2. The topological polar surface area (TPSA) is 44.1 Å². The molecule has 0 aliphatic rings. The summed E-state index contributed by atoms with van der Waals surface area (Å²) in [6, 6.07) is 1.45. The van der Waals surface area contributed by atoms with Crippen molar-refractivity contribution in [2.45, 2.75) is 26.8 Å². The molecule has 0 bridgehead atoms. The number of aromatic nitrogens is 2. The van der Waals surface area contributed by atoms with Crippen LogP contribution in [0.1, 0.15) is 20.3 Å². The number of rotatable bonds is 4. The van der Waals surface area contributed by atoms with Crippen molar-refractivity contribution in [1.29, 1.82) is 0 Å². The smallest absolute Gasteiger partial charge is 0.270 e. The van der Waals surface area contributed by atoms with Crippen LogP contribution in [-0.2, 0) is 6.54 Å². The van der Waals surface area contributed by atoms with Crippen molar-refractivity contribution in [2.24, 2.45) is 5.92 Å². The van der Waals surface area contributed by atoms with Gasteiger partial charge < -0.3 is 4.74 Å². The van der Waals surface area contributed by atoms with E-state index in [1.807, 2.05) is 0 Å². The van der Waals surface area contributed by atoms with Crippen LogP contribution in [-0.4, -0.2) is 16.9 Å². The van der Waals surface area contributed by atoms with Gasteiger partial charge in [0.05, 0.1) is 13.3 Å². The average Bonchev–Trinajstić information content (AvgIpc) is 2.20. The second kappa shape index (κ2) is 4.79. The fourth-order valence-electron chi connectivity index (χ4n) is 1.09. The molecule has 0 aliphatic heterocycles. The van der Waals surface area contributed by atoms with Gasteiger partial charge in [-0.25, -0.2) is 4.68 Å². The summed E-state index contributed by atoms with van der Waals surface area (Å²) in [5.41, 5.74) is -0.107. The van der Waals surface area contributed by atoms with Gasteiger partial charge >= 0.3 is 0 Å². The van der Waals surface area contributed by atoms with Crippen LogP contribution in [0, 0.1) is 5.92 Å². The lowest BCUT2D eigenvalue weighted by Gasteiger charge is -2.09. The molecule has 1 heterocycles. The van der Waals surface area contributed by atoms with Crippen LogP contribution < -0.4 is 10.3 Å². The van der Waals surface area contributed by atoms with E-state index < -0.39 is 0 Å². The monoisotopic (exact) mass is 196 g/mol. The minimum atomic E-state index is -0.107. The van der Waals surface area contributed by atoms with Gasteiger partial charge in [0.15, 0.2) is 0 Å². The zero-order valence-corrected chi connectivity index (χ0v) is 8.86. The van der Waals surface area contributed by atoms with Gasteiger partial charge in [0.2, 0.25) is 0 Å². The molecule has 0 amide bonds. The third-order valence-electron chi connectivity index (χ3n) is 2.26. The maximum absolute atomic E-state index is 11.5. The van der Waals surface area contributed by atoms with E-state index in [2.05, 4.69) is 18.9 Å². The highest BCUT2D eigenvalue weighted by molar-refractivity contribution is 5.13. The van der Waals surface area contributed by atoms with Crippen molar-refractivity contribution >= 4 is 0 Å². The van der Waals surface area contributed by atoms with Crippen LogP contribution in [0.15, 0.2) is 17.1 Å². The maximum Gasteiger partial charge on any atom is 0.270 e. The number of methoxy groups -OCH3 is 1. The summed E-state index contributed by atoms with van der Waals surface area (Å²) < 4.78 is 6.37. The van der Waals surface area contributed by atoms with Crippen molar-refractivity contribution in [3.63, 3.8) is 0 Å². The van der Waals surface area contributed by atoms with E-state index in [-0.39, 0.29) is 5.56 Å². The molecule has 0 aromatic carbocycles. The number of hydrogen-bond acceptors (Lipinski definition) is 3. The van der Waals surface area contributed by atoms with Crippen molar-refractivity contribution in [1.82, 2.24) is 9.78 Å². The van der Waals surface area contributed by atoms with E-state index in [4.69, 9.17) is 4.74 Å². The lowest BCUT2D eigenvalue weighted by atomic mass is 10.1. The van der Waals surface area contributed by atoms with E-state index in [1.165, 1.54) is 17.9 Å². The van der Waals surface area contributed by atoms with Gasteiger partial charge in [-0.05, 0) is 5.92 Å². The molecule has 1 aromatic heterocycles. The van der Waals surface area contributed by atoms with Gasteiger partial charge in [-0.3, -0.25) is 4.79 Å². The highest BCUT2D eigenvalue weighted by Gasteiger charge is 2.04. The first-order valence-electron chi connectivity index (χ1n) is 4.78. The Morgan fingerprint density at radius 1 is 1.64 bits per heavy atom. The number of hydrogen-bond donors (Lipinski definition) is 0. The Kier molecular flexibility index (Phi) is 3.68. The second-order valence-electron chi connectivity index (χ2n) is 3.43. The van der Waals surface area contributed by atoms with E-state index in [1.54, 1.807) is 6.20 Å². The molecule has 4 heteroatoms. The first-order valence-corrected chi connectivity index (χ1v) is 4.78. The fraction of sp³-hybridized carbons (Fsp3) is 0.600. The van der Waals surface area contributed by atoms with Crippen LogP contribution in [0.5, 0.6) is 5.75 Å². The molecular weight excluding hydrogens is 180 g/mol. The summed E-state index contributed by atoms with van der Waals surface area (Å²) in [5, 5.41) is 4.02. The van der Waals surface area contributed by atoms with Crippen LogP contribution in [0.4, 0.5) is 0 Å². The minimum absolute atomic E-state index is 0.107. The van der Waals surface area contributed by atoms with Crippen LogP contribution >= 0.6 is 0 Å². The Balaban J connectivity index is 2.84. The SMILES string of the molecule is CCC(C)Cn1ncc(OC)cc1=O. The van der Waals surface area contributed by atoms with Crippen LogP contribution in [0.2, 0.25) is 0 Å². The van der Waals surface area contributed by atoms with Gasteiger partial charge in [-0.2, -0.15) is 5.10 Å². The molecule has 1 aromatic rings. The summed E-state index contributed by atoms with van der Waals surface area (Å²) >= 11 is 0. The quantitative estimate of drug-likeness (QED) is 0.729. The van der Waals surface area contributed by atoms with Crippen molar-refractivity contribution in [3.05, 3.63) is 22.6 Å². The molecule has 0 spiro atoms. The van der Waals surface area contributed by atoms with E-state index in [9.17, 15) is 4.79 Å². The molecule has 0 fully saturated rings. The lowest BCUT2D eigenvalue weighted by molar-refractivity contribution is 0.391. The van der Waals surface area contributed by atoms with E-state index in [0.29, 0.717) is 18.2 Å². The summed E-state index contributed by atoms with van der Waals surface area (Å²) in [5.74, 6) is 0.976. The highest BCUT2D eigenvalue weighted by Crippen LogP contribution is 2.04. The summed E-state index contributed by atoms with van der Waals surface area (Å²) in [4.78, 5) is 11.5. The zero-order valence-electron chi connectivity index (χ0n) is 8.86. The average molecular weight is 196 g/mol. The molecule has 4 nitrogen and oxygen atoms in total. The number of ether oxygens (including phenoxy) is 1. The molecule has 0 saturated heterocycles. The zero-order chi connectivity index (χ0) is 10.6.